The lowest BCUT2D eigenvalue weighted by Crippen LogP contribution is -3.28. The summed E-state index contributed by atoms with van der Waals surface area (Å²) in [6.45, 7) is 10.9. The van der Waals surface area contributed by atoms with Crippen LogP contribution in [0.25, 0.3) is 0 Å². The first-order valence-corrected chi connectivity index (χ1v) is 10.5. The fourth-order valence-corrected chi connectivity index (χ4v) is 4.07. The van der Waals surface area contributed by atoms with E-state index in [1.165, 1.54) is 21.6 Å². The molecule has 2 aromatic carbocycles. The van der Waals surface area contributed by atoms with Gasteiger partial charge in [-0.05, 0) is 55.3 Å². The Morgan fingerprint density at radius 1 is 0.931 bits per heavy atom. The zero-order chi connectivity index (χ0) is 20.2. The van der Waals surface area contributed by atoms with Crippen LogP contribution in [0.5, 0.6) is 17.2 Å². The van der Waals surface area contributed by atoms with Gasteiger partial charge in [0.25, 0.3) is 0 Å². The highest BCUT2D eigenvalue weighted by atomic mass is 16.7. The predicted octanol–water partition coefficient (Wildman–Crippen LogP) is -0.245. The maximum atomic E-state index is 10.4. The van der Waals surface area contributed by atoms with Crippen molar-refractivity contribution in [1.82, 2.24) is 0 Å². The lowest BCUT2D eigenvalue weighted by atomic mass is 10.1. The van der Waals surface area contributed by atoms with Gasteiger partial charge in [0.2, 0.25) is 6.79 Å². The molecule has 0 aliphatic carbocycles. The average Bonchev–Trinajstić information content (AvgIpc) is 3.18. The Morgan fingerprint density at radius 2 is 1.69 bits per heavy atom. The van der Waals surface area contributed by atoms with Gasteiger partial charge < -0.3 is 29.1 Å². The number of benzene rings is 2. The molecule has 0 radical (unpaired) electrons. The van der Waals surface area contributed by atoms with Gasteiger partial charge in [0, 0.05) is 5.56 Å². The van der Waals surface area contributed by atoms with E-state index in [2.05, 4.69) is 32.0 Å². The van der Waals surface area contributed by atoms with Gasteiger partial charge in [0.1, 0.15) is 57.7 Å². The van der Waals surface area contributed by atoms with E-state index in [1.807, 2.05) is 18.2 Å². The summed E-state index contributed by atoms with van der Waals surface area (Å²) in [7, 11) is 0. The monoisotopic (exact) mass is 400 g/mol. The number of hydrogen-bond donors (Lipinski definition) is 3. The molecule has 3 N–H and O–H groups in total. The van der Waals surface area contributed by atoms with E-state index < -0.39 is 6.10 Å². The number of nitrogens with one attached hydrogen (secondary N) is 2. The zero-order valence-corrected chi connectivity index (χ0v) is 17.4. The van der Waals surface area contributed by atoms with Crippen LogP contribution in [0.15, 0.2) is 36.4 Å². The summed E-state index contributed by atoms with van der Waals surface area (Å²) < 4.78 is 16.7. The minimum Gasteiger partial charge on any atom is -0.491 e. The number of aryl methyl sites for hydroxylation is 2. The normalized spacial score (nSPS) is 21.8. The number of aliphatic hydroxyl groups is 1. The summed E-state index contributed by atoms with van der Waals surface area (Å²) in [4.78, 5) is 3.03. The van der Waals surface area contributed by atoms with Crippen molar-refractivity contribution in [3.63, 3.8) is 0 Å². The van der Waals surface area contributed by atoms with Gasteiger partial charge >= 0.3 is 0 Å². The molecule has 156 valence electrons. The van der Waals surface area contributed by atoms with Crippen LogP contribution >= 0.6 is 0 Å². The highest BCUT2D eigenvalue weighted by Gasteiger charge is 2.26. The molecule has 1 atom stereocenters. The van der Waals surface area contributed by atoms with Crippen molar-refractivity contribution in [3.8, 4) is 17.2 Å². The lowest BCUT2D eigenvalue weighted by molar-refractivity contribution is -1.02. The molecule has 0 saturated carbocycles. The molecule has 1 unspecified atom stereocenters. The van der Waals surface area contributed by atoms with Crippen LogP contribution in [-0.2, 0) is 6.54 Å². The maximum Gasteiger partial charge on any atom is 0.231 e. The Bertz CT molecular complexity index is 834. The molecule has 6 nitrogen and oxygen atoms in total. The topological polar surface area (TPSA) is 56.8 Å². The third-order valence-electron chi connectivity index (χ3n) is 6.00. The van der Waals surface area contributed by atoms with Crippen LogP contribution in [-0.4, -0.2) is 57.3 Å². The average molecular weight is 401 g/mol. The quantitative estimate of drug-likeness (QED) is 0.600. The smallest absolute Gasteiger partial charge is 0.231 e. The van der Waals surface area contributed by atoms with E-state index in [0.29, 0.717) is 13.4 Å². The Hall–Kier alpha value is -2.28. The summed E-state index contributed by atoms with van der Waals surface area (Å²) in [5.74, 6) is 2.54. The first-order valence-electron chi connectivity index (χ1n) is 10.5. The Morgan fingerprint density at radius 3 is 2.48 bits per heavy atom. The van der Waals surface area contributed by atoms with Crippen LogP contribution in [0, 0.1) is 13.8 Å². The van der Waals surface area contributed by atoms with E-state index in [4.69, 9.17) is 14.2 Å². The number of ether oxygens (including phenoxy) is 3. The first-order chi connectivity index (χ1) is 14.1. The molecule has 1 fully saturated rings. The van der Waals surface area contributed by atoms with E-state index in [-0.39, 0.29) is 0 Å². The first kappa shape index (κ1) is 20.0. The summed E-state index contributed by atoms with van der Waals surface area (Å²) >= 11 is 0. The molecular formula is C23H32N2O4+2. The van der Waals surface area contributed by atoms with E-state index >= 15 is 0 Å². The van der Waals surface area contributed by atoms with Gasteiger partial charge in [-0.2, -0.15) is 0 Å². The number of fused-ring (bicyclic) bond motifs is 1. The Balaban J connectivity index is 1.19. The van der Waals surface area contributed by atoms with Crippen LogP contribution in [0.4, 0.5) is 0 Å². The van der Waals surface area contributed by atoms with Crippen LogP contribution in [0.1, 0.15) is 16.7 Å². The molecule has 2 aliphatic rings. The molecule has 1 saturated heterocycles. The molecule has 6 heteroatoms. The lowest BCUT2D eigenvalue weighted by Gasteiger charge is -2.30. The van der Waals surface area contributed by atoms with Gasteiger partial charge in [0.15, 0.2) is 11.5 Å². The van der Waals surface area contributed by atoms with Gasteiger partial charge in [-0.1, -0.05) is 6.07 Å². The van der Waals surface area contributed by atoms with E-state index in [0.717, 1.165) is 56.5 Å². The van der Waals surface area contributed by atoms with Crippen molar-refractivity contribution < 1.29 is 29.1 Å². The largest absolute Gasteiger partial charge is 0.491 e. The molecule has 2 aromatic rings. The fourth-order valence-electron chi connectivity index (χ4n) is 4.07. The van der Waals surface area contributed by atoms with Crippen molar-refractivity contribution >= 4 is 0 Å². The second-order valence-electron chi connectivity index (χ2n) is 8.28. The van der Waals surface area contributed by atoms with E-state index in [9.17, 15) is 5.11 Å². The second kappa shape index (κ2) is 9.03. The van der Waals surface area contributed by atoms with Gasteiger partial charge in [-0.3, -0.25) is 0 Å². The third-order valence-corrected chi connectivity index (χ3v) is 6.00. The highest BCUT2D eigenvalue weighted by molar-refractivity contribution is 5.44. The standard InChI is InChI=1S/C23H30N2O4/c1-17-3-5-21(11-18(17)2)27-15-20(26)14-25-9-7-24(8-10-25)13-19-4-6-22-23(12-19)29-16-28-22/h3-6,11-12,20,26H,7-10,13-16H2,1-2H3/p+2. The van der Waals surface area contributed by atoms with Crippen molar-refractivity contribution in [3.05, 3.63) is 53.1 Å². The predicted molar refractivity (Wildman–Crippen MR) is 110 cm³/mol. The minimum absolute atomic E-state index is 0.323. The van der Waals surface area contributed by atoms with Gasteiger partial charge in [0.05, 0.1) is 0 Å². The molecule has 2 heterocycles. The van der Waals surface area contributed by atoms with Gasteiger partial charge in [-0.25, -0.2) is 0 Å². The number of quaternary nitrogens is 2. The zero-order valence-electron chi connectivity index (χ0n) is 17.4. The van der Waals surface area contributed by atoms with Crippen molar-refractivity contribution in [2.45, 2.75) is 26.5 Å². The maximum absolute atomic E-state index is 10.4. The van der Waals surface area contributed by atoms with Gasteiger partial charge in [-0.15, -0.1) is 0 Å². The molecular weight excluding hydrogens is 368 g/mol. The van der Waals surface area contributed by atoms with E-state index in [1.54, 1.807) is 4.90 Å². The van der Waals surface area contributed by atoms with Crippen molar-refractivity contribution in [1.29, 1.82) is 0 Å². The molecule has 0 aromatic heterocycles. The molecule has 2 aliphatic heterocycles. The van der Waals surface area contributed by atoms with Crippen LogP contribution < -0.4 is 24.0 Å². The van der Waals surface area contributed by atoms with Crippen LogP contribution in [0.3, 0.4) is 0 Å². The van der Waals surface area contributed by atoms with Crippen LogP contribution in [0.2, 0.25) is 0 Å². The molecule has 0 amide bonds. The molecule has 0 spiro atoms. The summed E-state index contributed by atoms with van der Waals surface area (Å²) in [5, 5.41) is 10.4. The summed E-state index contributed by atoms with van der Waals surface area (Å²) in [6.07, 6.45) is -0.443. The number of piperazine rings is 1. The number of rotatable bonds is 7. The molecule has 4 rings (SSSR count). The summed E-state index contributed by atoms with van der Waals surface area (Å²) in [5.41, 5.74) is 3.75. The minimum atomic E-state index is -0.443. The number of aliphatic hydroxyl groups excluding tert-OH is 1. The van der Waals surface area contributed by atoms with Crippen molar-refractivity contribution in [2.75, 3.05) is 46.1 Å². The second-order valence-corrected chi connectivity index (χ2v) is 8.28. The third kappa shape index (κ3) is 5.21. The highest BCUT2D eigenvalue weighted by Crippen LogP contribution is 2.32. The molecule has 0 bridgehead atoms. The Kier molecular flexibility index (Phi) is 6.23. The summed E-state index contributed by atoms with van der Waals surface area (Å²) in [6, 6.07) is 12.3. The fraction of sp³-hybridized carbons (Fsp3) is 0.478. The Labute approximate surface area is 172 Å². The van der Waals surface area contributed by atoms with Crippen molar-refractivity contribution in [2.24, 2.45) is 0 Å². The molecule has 29 heavy (non-hydrogen) atoms. The SMILES string of the molecule is Cc1ccc(OCC(O)C[NH+]2CC[NH+](Cc3ccc4c(c3)OCO4)CC2)cc1C. The number of hydrogen-bond acceptors (Lipinski definition) is 4.